The first-order valence-corrected chi connectivity index (χ1v) is 5.78. The van der Waals surface area contributed by atoms with Crippen LogP contribution in [0.4, 0.5) is 0 Å². The maximum absolute atomic E-state index is 5.57. The molecule has 0 fully saturated rings. The molecule has 0 heterocycles. The summed E-state index contributed by atoms with van der Waals surface area (Å²) >= 11 is 0. The first-order chi connectivity index (χ1) is 7.61. The Hall–Kier alpha value is -0.900. The van der Waals surface area contributed by atoms with Crippen LogP contribution in [0.25, 0.3) is 0 Å². The van der Waals surface area contributed by atoms with Crippen LogP contribution in [0.2, 0.25) is 0 Å². The van der Waals surface area contributed by atoms with Crippen LogP contribution in [-0.4, -0.2) is 31.6 Å². The summed E-state index contributed by atoms with van der Waals surface area (Å²) in [6.45, 7) is 3.16. The molecule has 3 N–H and O–H groups in total. The summed E-state index contributed by atoms with van der Waals surface area (Å²) in [5.74, 6) is 5.57. The molecule has 0 amide bonds. The van der Waals surface area contributed by atoms with Crippen molar-refractivity contribution < 1.29 is 0 Å². The standard InChI is InChI=1S/C13H23N3/c1-11-4-6-12(7-5-11)10-13(15-14)8-9-16(2)3/h4-7,13,15H,8-10,14H2,1-3H3. The Kier molecular flexibility index (Phi) is 5.46. The van der Waals surface area contributed by atoms with Crippen molar-refractivity contribution in [2.75, 3.05) is 20.6 Å². The van der Waals surface area contributed by atoms with Gasteiger partial charge in [0.05, 0.1) is 0 Å². The van der Waals surface area contributed by atoms with E-state index in [9.17, 15) is 0 Å². The minimum Gasteiger partial charge on any atom is -0.309 e. The SMILES string of the molecule is Cc1ccc(CC(CCN(C)C)NN)cc1. The number of nitrogens with zero attached hydrogens (tertiary/aromatic N) is 1. The van der Waals surface area contributed by atoms with Gasteiger partial charge >= 0.3 is 0 Å². The van der Waals surface area contributed by atoms with E-state index >= 15 is 0 Å². The van der Waals surface area contributed by atoms with Gasteiger partial charge in [-0.3, -0.25) is 11.3 Å². The molecule has 0 aliphatic carbocycles. The molecule has 0 spiro atoms. The Balaban J connectivity index is 2.46. The maximum Gasteiger partial charge on any atom is 0.0263 e. The van der Waals surface area contributed by atoms with Gasteiger partial charge in [0, 0.05) is 6.04 Å². The van der Waals surface area contributed by atoms with Gasteiger partial charge in [-0.1, -0.05) is 29.8 Å². The molecule has 90 valence electrons. The number of rotatable bonds is 6. The van der Waals surface area contributed by atoms with Crippen molar-refractivity contribution in [1.82, 2.24) is 10.3 Å². The number of hydrogen-bond acceptors (Lipinski definition) is 3. The molecule has 1 atom stereocenters. The molecule has 16 heavy (non-hydrogen) atoms. The van der Waals surface area contributed by atoms with Gasteiger partial charge in [0.2, 0.25) is 0 Å². The number of benzene rings is 1. The van der Waals surface area contributed by atoms with Crippen LogP contribution in [0.3, 0.4) is 0 Å². The number of nitrogens with two attached hydrogens (primary N) is 1. The minimum atomic E-state index is 0.352. The van der Waals surface area contributed by atoms with Crippen LogP contribution in [0, 0.1) is 6.92 Å². The average Bonchev–Trinajstić information content (AvgIpc) is 2.26. The van der Waals surface area contributed by atoms with E-state index in [1.54, 1.807) is 0 Å². The molecular weight excluding hydrogens is 198 g/mol. The van der Waals surface area contributed by atoms with E-state index < -0.39 is 0 Å². The summed E-state index contributed by atoms with van der Waals surface area (Å²) in [6, 6.07) is 9.00. The Morgan fingerprint density at radius 2 is 1.88 bits per heavy atom. The van der Waals surface area contributed by atoms with E-state index in [1.807, 2.05) is 0 Å². The highest BCUT2D eigenvalue weighted by Crippen LogP contribution is 2.07. The molecule has 1 aromatic carbocycles. The van der Waals surface area contributed by atoms with Crippen LogP contribution in [0.5, 0.6) is 0 Å². The largest absolute Gasteiger partial charge is 0.309 e. The second-order valence-corrected chi connectivity index (χ2v) is 4.65. The molecule has 1 rings (SSSR count). The molecule has 0 saturated carbocycles. The zero-order chi connectivity index (χ0) is 12.0. The third-order valence-corrected chi connectivity index (χ3v) is 2.76. The van der Waals surface area contributed by atoms with Crippen molar-refractivity contribution in [2.24, 2.45) is 5.84 Å². The Labute approximate surface area is 98.6 Å². The second kappa shape index (κ2) is 6.63. The van der Waals surface area contributed by atoms with Crippen molar-refractivity contribution >= 4 is 0 Å². The number of nitrogens with one attached hydrogen (secondary N) is 1. The van der Waals surface area contributed by atoms with Crippen molar-refractivity contribution in [1.29, 1.82) is 0 Å². The summed E-state index contributed by atoms with van der Waals surface area (Å²) in [7, 11) is 4.17. The zero-order valence-corrected chi connectivity index (χ0v) is 10.5. The monoisotopic (exact) mass is 221 g/mol. The lowest BCUT2D eigenvalue weighted by molar-refractivity contribution is 0.358. The summed E-state index contributed by atoms with van der Waals surface area (Å²) in [6.07, 6.45) is 2.06. The minimum absolute atomic E-state index is 0.352. The predicted molar refractivity (Wildman–Crippen MR) is 69.2 cm³/mol. The van der Waals surface area contributed by atoms with Crippen LogP contribution in [0.15, 0.2) is 24.3 Å². The Morgan fingerprint density at radius 1 is 1.25 bits per heavy atom. The molecule has 0 aromatic heterocycles. The third-order valence-electron chi connectivity index (χ3n) is 2.76. The molecule has 1 unspecified atom stereocenters. The van der Waals surface area contributed by atoms with Gasteiger partial charge in [-0.15, -0.1) is 0 Å². The van der Waals surface area contributed by atoms with Crippen LogP contribution in [-0.2, 0) is 6.42 Å². The van der Waals surface area contributed by atoms with E-state index in [4.69, 9.17) is 5.84 Å². The highest BCUT2D eigenvalue weighted by atomic mass is 15.2. The molecule has 1 aromatic rings. The highest BCUT2D eigenvalue weighted by Gasteiger charge is 2.07. The van der Waals surface area contributed by atoms with E-state index in [1.165, 1.54) is 11.1 Å². The quantitative estimate of drug-likeness (QED) is 0.562. The van der Waals surface area contributed by atoms with E-state index in [2.05, 4.69) is 55.6 Å². The first-order valence-electron chi connectivity index (χ1n) is 5.78. The fraction of sp³-hybridized carbons (Fsp3) is 0.538. The number of hydrazine groups is 1. The second-order valence-electron chi connectivity index (χ2n) is 4.65. The van der Waals surface area contributed by atoms with Gasteiger partial charge in [0.1, 0.15) is 0 Å². The molecular formula is C13H23N3. The number of aryl methyl sites for hydroxylation is 1. The Bertz CT molecular complexity index is 293. The van der Waals surface area contributed by atoms with Crippen molar-refractivity contribution in [2.45, 2.75) is 25.8 Å². The normalized spacial score (nSPS) is 13.1. The van der Waals surface area contributed by atoms with Gasteiger partial charge in [-0.25, -0.2) is 0 Å². The van der Waals surface area contributed by atoms with Crippen molar-refractivity contribution in [3.05, 3.63) is 35.4 Å². The highest BCUT2D eigenvalue weighted by molar-refractivity contribution is 5.22. The summed E-state index contributed by atoms with van der Waals surface area (Å²) in [5.41, 5.74) is 5.53. The third kappa shape index (κ3) is 4.75. The lowest BCUT2D eigenvalue weighted by Crippen LogP contribution is -2.38. The van der Waals surface area contributed by atoms with Gasteiger partial charge in [0.25, 0.3) is 0 Å². The summed E-state index contributed by atoms with van der Waals surface area (Å²) in [5, 5.41) is 0. The lowest BCUT2D eigenvalue weighted by atomic mass is 10.0. The van der Waals surface area contributed by atoms with E-state index in [-0.39, 0.29) is 0 Å². The zero-order valence-electron chi connectivity index (χ0n) is 10.5. The van der Waals surface area contributed by atoms with E-state index in [0.717, 1.165) is 19.4 Å². The van der Waals surface area contributed by atoms with Crippen LogP contribution < -0.4 is 11.3 Å². The lowest BCUT2D eigenvalue weighted by Gasteiger charge is -2.18. The molecule has 0 radical (unpaired) electrons. The Morgan fingerprint density at radius 3 is 2.38 bits per heavy atom. The topological polar surface area (TPSA) is 41.3 Å². The van der Waals surface area contributed by atoms with Gasteiger partial charge in [0.15, 0.2) is 0 Å². The molecule has 0 aliphatic rings. The van der Waals surface area contributed by atoms with Crippen LogP contribution in [0.1, 0.15) is 17.5 Å². The molecule has 0 aliphatic heterocycles. The summed E-state index contributed by atoms with van der Waals surface area (Å²) < 4.78 is 0. The van der Waals surface area contributed by atoms with Crippen molar-refractivity contribution in [3.63, 3.8) is 0 Å². The molecule has 0 saturated heterocycles. The number of hydrogen-bond donors (Lipinski definition) is 2. The molecule has 0 bridgehead atoms. The smallest absolute Gasteiger partial charge is 0.0263 e. The van der Waals surface area contributed by atoms with E-state index in [0.29, 0.717) is 6.04 Å². The fourth-order valence-electron chi connectivity index (χ4n) is 1.67. The fourth-order valence-corrected chi connectivity index (χ4v) is 1.67. The first kappa shape index (κ1) is 13.2. The summed E-state index contributed by atoms with van der Waals surface area (Å²) in [4.78, 5) is 2.18. The van der Waals surface area contributed by atoms with Gasteiger partial charge in [-0.05, 0) is 46.0 Å². The average molecular weight is 221 g/mol. The maximum atomic E-state index is 5.57. The van der Waals surface area contributed by atoms with Crippen LogP contribution >= 0.6 is 0 Å². The van der Waals surface area contributed by atoms with Gasteiger partial charge in [-0.2, -0.15) is 0 Å². The van der Waals surface area contributed by atoms with Gasteiger partial charge < -0.3 is 4.90 Å². The molecule has 3 nitrogen and oxygen atoms in total. The molecule has 3 heteroatoms. The predicted octanol–water partition coefficient (Wildman–Crippen LogP) is 1.32. The van der Waals surface area contributed by atoms with Crippen molar-refractivity contribution in [3.8, 4) is 0 Å².